The van der Waals surface area contributed by atoms with Crippen molar-refractivity contribution in [2.24, 2.45) is 0 Å². The highest BCUT2D eigenvalue weighted by Gasteiger charge is 2.21. The Bertz CT molecular complexity index is 1770. The van der Waals surface area contributed by atoms with Crippen molar-refractivity contribution in [1.29, 1.82) is 0 Å². The molecule has 0 spiro atoms. The predicted octanol–water partition coefficient (Wildman–Crippen LogP) is 7.32. The fraction of sp³-hybridized carbons (Fsp3) is 0.147. The van der Waals surface area contributed by atoms with E-state index in [0.717, 1.165) is 40.2 Å². The molecule has 5 aromatic rings. The van der Waals surface area contributed by atoms with Crippen LogP contribution in [0.1, 0.15) is 42.2 Å². The highest BCUT2D eigenvalue weighted by atomic mass is 16.3. The van der Waals surface area contributed by atoms with Gasteiger partial charge in [0.15, 0.2) is 5.43 Å². The summed E-state index contributed by atoms with van der Waals surface area (Å²) in [7, 11) is 0. The zero-order valence-electron chi connectivity index (χ0n) is 22.9. The van der Waals surface area contributed by atoms with Gasteiger partial charge in [0.05, 0.1) is 23.7 Å². The largest absolute Gasteiger partial charge is 0.455 e. The van der Waals surface area contributed by atoms with E-state index in [1.54, 1.807) is 0 Å². The average Bonchev–Trinajstić information content (AvgIpc) is 3.44. The summed E-state index contributed by atoms with van der Waals surface area (Å²) in [5, 5.41) is 6.33. The third kappa shape index (κ3) is 4.97. The lowest BCUT2D eigenvalue weighted by molar-refractivity contribution is 0.265. The van der Waals surface area contributed by atoms with Gasteiger partial charge < -0.3 is 15.2 Å². The number of hydrogen-bond donors (Lipinski definition) is 3. The normalized spacial score (nSPS) is 13.7. The molecular formula is C34H34N4O2. The van der Waals surface area contributed by atoms with E-state index in [4.69, 9.17) is 4.42 Å². The maximum Gasteiger partial charge on any atom is 0.196 e. The molecule has 0 aliphatic carbocycles. The molecule has 0 saturated heterocycles. The van der Waals surface area contributed by atoms with Crippen molar-refractivity contribution >= 4 is 22.4 Å². The Kier molecular flexibility index (Phi) is 6.84. The van der Waals surface area contributed by atoms with Crippen LogP contribution in [0.2, 0.25) is 0 Å². The van der Waals surface area contributed by atoms with Gasteiger partial charge in [0.1, 0.15) is 11.3 Å². The van der Waals surface area contributed by atoms with Crippen molar-refractivity contribution in [3.05, 3.63) is 141 Å². The first-order chi connectivity index (χ1) is 19.5. The summed E-state index contributed by atoms with van der Waals surface area (Å²) in [6.45, 7) is 6.69. The van der Waals surface area contributed by atoms with Crippen LogP contribution in [0.5, 0.6) is 0 Å². The van der Waals surface area contributed by atoms with Crippen LogP contribution in [0.4, 0.5) is 5.69 Å². The number of hydrogen-bond acceptors (Lipinski definition) is 6. The van der Waals surface area contributed by atoms with E-state index in [1.165, 1.54) is 5.56 Å². The number of benzene rings is 4. The third-order valence-electron chi connectivity index (χ3n) is 7.30. The highest BCUT2D eigenvalue weighted by molar-refractivity contribution is 5.85. The van der Waals surface area contributed by atoms with Crippen LogP contribution >= 0.6 is 0 Å². The third-order valence-corrected chi connectivity index (χ3v) is 7.30. The summed E-state index contributed by atoms with van der Waals surface area (Å²) in [6.07, 6.45) is 2.08. The van der Waals surface area contributed by atoms with Gasteiger partial charge in [0, 0.05) is 35.6 Å². The van der Waals surface area contributed by atoms with Crippen molar-refractivity contribution < 1.29 is 5.84 Å². The minimum Gasteiger partial charge on any atom is -0.455 e. The highest BCUT2D eigenvalue weighted by Crippen LogP contribution is 2.33. The molecule has 0 radical (unpaired) electrons. The second kappa shape index (κ2) is 10.8. The monoisotopic (exact) mass is 530 g/mol. The number of nitrogens with zero attached hydrogens (tertiary/aromatic N) is 1. The first kappa shape index (κ1) is 25.5. The van der Waals surface area contributed by atoms with Gasteiger partial charge in [0.25, 0.3) is 0 Å². The van der Waals surface area contributed by atoms with Gasteiger partial charge in [-0.3, -0.25) is 9.80 Å². The molecule has 3 N–H and O–H groups in total. The van der Waals surface area contributed by atoms with Crippen LogP contribution < -0.4 is 21.7 Å². The van der Waals surface area contributed by atoms with Crippen LogP contribution in [0, 0.1) is 13.8 Å². The molecule has 0 amide bonds. The van der Waals surface area contributed by atoms with E-state index < -0.39 is 0 Å². The molecule has 0 saturated carbocycles. The second-order valence-electron chi connectivity index (χ2n) is 10.3. The Morgan fingerprint density at radius 3 is 2.40 bits per heavy atom. The lowest BCUT2D eigenvalue weighted by Crippen LogP contribution is -2.35. The summed E-state index contributed by atoms with van der Waals surface area (Å²) in [5.74, 6) is 0.612. The fourth-order valence-electron chi connectivity index (χ4n) is 5.26. The van der Waals surface area contributed by atoms with E-state index in [2.05, 4.69) is 59.7 Å². The van der Waals surface area contributed by atoms with Crippen molar-refractivity contribution in [3.8, 4) is 11.3 Å². The molecule has 1 aromatic heterocycles. The maximum atomic E-state index is 13.5. The number of nitrogens with one attached hydrogen (secondary N) is 3. The van der Waals surface area contributed by atoms with Gasteiger partial charge in [-0.1, -0.05) is 84.9 Å². The molecule has 2 heterocycles. The molecule has 6 heteroatoms. The van der Waals surface area contributed by atoms with Gasteiger partial charge in [-0.15, -0.1) is 5.53 Å². The number of anilines is 1. The lowest BCUT2D eigenvalue weighted by atomic mass is 9.98. The van der Waals surface area contributed by atoms with E-state index >= 15 is 0 Å². The van der Waals surface area contributed by atoms with Crippen LogP contribution in [-0.4, -0.2) is 5.01 Å². The molecule has 6 rings (SSSR count). The molecule has 1 atom stereocenters. The smallest absolute Gasteiger partial charge is 0.196 e. The standard InChI is InChI=1S/C34H32N4O2.H2/c1-22-18-28(34-29(19-22)32(39)23(2)33(40-34)26-14-8-5-9-15-26)24(3)35-30-17-11-10-16-27(30)31-21-38(37-36-31)20-25-12-6-4-7-13-25;/h4-19,21,24,35-37H,20H2,1-3H3;1H. The second-order valence-corrected chi connectivity index (χ2v) is 10.3. The molecule has 4 aromatic carbocycles. The molecule has 202 valence electrons. The minimum atomic E-state index is -0.131. The first-order valence-electron chi connectivity index (χ1n) is 13.5. The average molecular weight is 531 g/mol. The zero-order chi connectivity index (χ0) is 27.6. The summed E-state index contributed by atoms with van der Waals surface area (Å²) < 4.78 is 6.52. The van der Waals surface area contributed by atoms with Gasteiger partial charge in [-0.25, -0.2) is 0 Å². The maximum absolute atomic E-state index is 13.5. The van der Waals surface area contributed by atoms with Crippen molar-refractivity contribution in [1.82, 2.24) is 16.0 Å². The molecule has 40 heavy (non-hydrogen) atoms. The van der Waals surface area contributed by atoms with Gasteiger partial charge in [-0.05, 0) is 44.0 Å². The van der Waals surface area contributed by atoms with Crippen molar-refractivity contribution in [2.45, 2.75) is 33.4 Å². The Morgan fingerprint density at radius 2 is 1.62 bits per heavy atom. The van der Waals surface area contributed by atoms with Gasteiger partial charge >= 0.3 is 0 Å². The lowest BCUT2D eigenvalue weighted by Gasteiger charge is -2.21. The number of para-hydroxylation sites is 1. The first-order valence-corrected chi connectivity index (χ1v) is 13.5. The molecule has 1 unspecified atom stereocenters. The summed E-state index contributed by atoms with van der Waals surface area (Å²) in [5.41, 5.74) is 14.8. The quantitative estimate of drug-likeness (QED) is 0.205. The summed E-state index contributed by atoms with van der Waals surface area (Å²) >= 11 is 0. The number of rotatable bonds is 7. The zero-order valence-corrected chi connectivity index (χ0v) is 22.9. The van der Waals surface area contributed by atoms with E-state index in [-0.39, 0.29) is 12.9 Å². The van der Waals surface area contributed by atoms with Crippen molar-refractivity contribution in [3.63, 3.8) is 0 Å². The molecule has 1 aliphatic rings. The van der Waals surface area contributed by atoms with Gasteiger partial charge in [0.2, 0.25) is 0 Å². The number of fused-ring (bicyclic) bond motifs is 1. The molecular weight excluding hydrogens is 496 g/mol. The minimum absolute atomic E-state index is 0. The topological polar surface area (TPSA) is 69.5 Å². The van der Waals surface area contributed by atoms with Gasteiger partial charge in [-0.2, -0.15) is 0 Å². The SMILES string of the molecule is Cc1cc(C(C)Nc2ccccc2C2=CN(Cc3ccccc3)NN2)c2oc(-c3ccccc3)c(C)c(=O)c2c1.[HH]. The molecule has 0 bridgehead atoms. The fourth-order valence-corrected chi connectivity index (χ4v) is 5.26. The van der Waals surface area contributed by atoms with Crippen LogP contribution in [0.25, 0.3) is 28.0 Å². The molecule has 0 fully saturated rings. The number of aryl methyl sites for hydroxylation is 1. The molecule has 6 nitrogen and oxygen atoms in total. The summed E-state index contributed by atoms with van der Waals surface area (Å²) in [4.78, 5) is 13.5. The van der Waals surface area contributed by atoms with Crippen LogP contribution in [0.15, 0.2) is 112 Å². The predicted molar refractivity (Wildman–Crippen MR) is 164 cm³/mol. The Labute approximate surface area is 235 Å². The van der Waals surface area contributed by atoms with E-state index in [0.29, 0.717) is 22.3 Å². The number of hydrazine groups is 2. The Hall–Kier alpha value is -4.81. The Balaban J connectivity index is 0.00000337. The van der Waals surface area contributed by atoms with Crippen LogP contribution in [-0.2, 0) is 6.54 Å². The summed E-state index contributed by atoms with van der Waals surface area (Å²) in [6, 6.07) is 32.3. The van der Waals surface area contributed by atoms with Crippen molar-refractivity contribution in [2.75, 3.05) is 5.32 Å². The van der Waals surface area contributed by atoms with E-state index in [1.807, 2.05) is 85.6 Å². The Morgan fingerprint density at radius 1 is 0.925 bits per heavy atom. The molecule has 1 aliphatic heterocycles. The van der Waals surface area contributed by atoms with Crippen LogP contribution in [0.3, 0.4) is 0 Å². The van der Waals surface area contributed by atoms with E-state index in [9.17, 15) is 4.79 Å².